The molecule has 0 amide bonds. The van der Waals surface area contributed by atoms with Crippen molar-refractivity contribution in [3.63, 3.8) is 0 Å². The van der Waals surface area contributed by atoms with Gasteiger partial charge in [0.1, 0.15) is 0 Å². The van der Waals surface area contributed by atoms with Gasteiger partial charge in [0.25, 0.3) is 0 Å². The molecule has 0 spiro atoms. The number of hydrogen-bond donors (Lipinski definition) is 2. The van der Waals surface area contributed by atoms with Crippen molar-refractivity contribution in [3.05, 3.63) is 0 Å². The van der Waals surface area contributed by atoms with Crippen molar-refractivity contribution in [2.24, 2.45) is 5.73 Å². The van der Waals surface area contributed by atoms with Gasteiger partial charge in [-0.1, -0.05) is 20.3 Å². The molecule has 13 heavy (non-hydrogen) atoms. The minimum atomic E-state index is -0.899. The molecule has 0 aliphatic carbocycles. The Bertz CT molecular complexity index is 119. The molecule has 0 aliphatic heterocycles. The van der Waals surface area contributed by atoms with Gasteiger partial charge in [0.15, 0.2) is 5.79 Å². The third-order valence-electron chi connectivity index (χ3n) is 2.16. The highest BCUT2D eigenvalue weighted by Gasteiger charge is 2.23. The van der Waals surface area contributed by atoms with E-state index in [-0.39, 0.29) is 0 Å². The Kier molecular flexibility index (Phi) is 7.23. The molecule has 0 aromatic heterocycles. The minimum absolute atomic E-state index is 0.613. The lowest BCUT2D eigenvalue weighted by atomic mass is 10.1. The van der Waals surface area contributed by atoms with Crippen molar-refractivity contribution in [2.45, 2.75) is 51.7 Å². The Hall–Kier alpha value is -0.120. The van der Waals surface area contributed by atoms with Crippen LogP contribution in [-0.2, 0) is 4.74 Å². The molecule has 3 N–H and O–H groups in total. The normalized spacial score (nSPS) is 15.7. The standard InChI is InChI=1S/C10H23NO2/c1-3-7-10(12,4-2)13-9-6-5-8-11/h12H,3-9,11H2,1-2H3. The number of rotatable bonds is 8. The molecule has 3 nitrogen and oxygen atoms in total. The maximum Gasteiger partial charge on any atom is 0.165 e. The quantitative estimate of drug-likeness (QED) is 0.451. The lowest BCUT2D eigenvalue weighted by Gasteiger charge is -2.26. The molecular formula is C10H23NO2. The molecule has 0 saturated heterocycles. The van der Waals surface area contributed by atoms with E-state index in [1.54, 1.807) is 0 Å². The Labute approximate surface area is 81.3 Å². The average molecular weight is 189 g/mol. The van der Waals surface area contributed by atoms with Crippen LogP contribution in [0.5, 0.6) is 0 Å². The third-order valence-corrected chi connectivity index (χ3v) is 2.16. The van der Waals surface area contributed by atoms with E-state index in [0.717, 1.165) is 19.3 Å². The Balaban J connectivity index is 3.57. The zero-order valence-corrected chi connectivity index (χ0v) is 8.88. The lowest BCUT2D eigenvalue weighted by molar-refractivity contribution is -0.209. The summed E-state index contributed by atoms with van der Waals surface area (Å²) < 4.78 is 5.42. The zero-order chi connectivity index (χ0) is 10.2. The Morgan fingerprint density at radius 1 is 1.31 bits per heavy atom. The monoisotopic (exact) mass is 189 g/mol. The molecule has 0 aromatic rings. The Morgan fingerprint density at radius 2 is 2.00 bits per heavy atom. The first-order valence-corrected chi connectivity index (χ1v) is 5.25. The second-order valence-corrected chi connectivity index (χ2v) is 3.39. The predicted octanol–water partition coefficient (Wildman–Crippen LogP) is 1.64. The zero-order valence-electron chi connectivity index (χ0n) is 8.88. The third kappa shape index (κ3) is 6.02. The number of nitrogens with two attached hydrogens (primary N) is 1. The van der Waals surface area contributed by atoms with Gasteiger partial charge in [-0.2, -0.15) is 0 Å². The van der Waals surface area contributed by atoms with E-state index in [9.17, 15) is 5.11 Å². The van der Waals surface area contributed by atoms with E-state index in [1.165, 1.54) is 0 Å². The molecule has 3 heteroatoms. The molecule has 0 heterocycles. The summed E-state index contributed by atoms with van der Waals surface area (Å²) in [4.78, 5) is 0. The fourth-order valence-electron chi connectivity index (χ4n) is 1.25. The van der Waals surface area contributed by atoms with Crippen molar-refractivity contribution in [2.75, 3.05) is 13.2 Å². The van der Waals surface area contributed by atoms with E-state index in [2.05, 4.69) is 0 Å². The highest BCUT2D eigenvalue weighted by atomic mass is 16.6. The van der Waals surface area contributed by atoms with Crippen molar-refractivity contribution in [1.82, 2.24) is 0 Å². The van der Waals surface area contributed by atoms with Gasteiger partial charge in [-0.25, -0.2) is 0 Å². The van der Waals surface area contributed by atoms with E-state index in [1.807, 2.05) is 13.8 Å². The molecule has 0 aromatic carbocycles. The number of hydrogen-bond acceptors (Lipinski definition) is 3. The van der Waals surface area contributed by atoms with E-state index in [4.69, 9.17) is 10.5 Å². The minimum Gasteiger partial charge on any atom is -0.365 e. The molecule has 80 valence electrons. The fourth-order valence-corrected chi connectivity index (χ4v) is 1.25. The summed E-state index contributed by atoms with van der Waals surface area (Å²) >= 11 is 0. The second kappa shape index (κ2) is 7.30. The van der Waals surface area contributed by atoms with Gasteiger partial charge in [0.05, 0.1) is 6.61 Å². The average Bonchev–Trinajstić information content (AvgIpc) is 2.13. The predicted molar refractivity (Wildman–Crippen MR) is 54.4 cm³/mol. The van der Waals surface area contributed by atoms with E-state index in [0.29, 0.717) is 26.0 Å². The van der Waals surface area contributed by atoms with Crippen molar-refractivity contribution in [3.8, 4) is 0 Å². The molecule has 1 atom stereocenters. The first kappa shape index (κ1) is 12.9. The maximum absolute atomic E-state index is 9.87. The smallest absolute Gasteiger partial charge is 0.165 e. The van der Waals surface area contributed by atoms with Crippen molar-refractivity contribution >= 4 is 0 Å². The van der Waals surface area contributed by atoms with E-state index < -0.39 is 5.79 Å². The van der Waals surface area contributed by atoms with Crippen molar-refractivity contribution in [1.29, 1.82) is 0 Å². The van der Waals surface area contributed by atoms with Crippen LogP contribution < -0.4 is 5.73 Å². The summed E-state index contributed by atoms with van der Waals surface area (Å²) in [6.07, 6.45) is 4.21. The lowest BCUT2D eigenvalue weighted by Crippen LogP contribution is -2.31. The van der Waals surface area contributed by atoms with Crippen molar-refractivity contribution < 1.29 is 9.84 Å². The van der Waals surface area contributed by atoms with Gasteiger partial charge < -0.3 is 15.6 Å². The molecule has 1 unspecified atom stereocenters. The summed E-state index contributed by atoms with van der Waals surface area (Å²) in [5.41, 5.74) is 5.35. The number of ether oxygens (including phenoxy) is 1. The van der Waals surface area contributed by atoms with Crippen LogP contribution in [0.2, 0.25) is 0 Å². The van der Waals surface area contributed by atoms with Gasteiger partial charge in [-0.05, 0) is 25.8 Å². The highest BCUT2D eigenvalue weighted by molar-refractivity contribution is 4.63. The van der Waals surface area contributed by atoms with Crippen LogP contribution in [0.25, 0.3) is 0 Å². The summed E-state index contributed by atoms with van der Waals surface area (Å²) in [6, 6.07) is 0. The van der Waals surface area contributed by atoms with Gasteiger partial charge in [0.2, 0.25) is 0 Å². The molecular weight excluding hydrogens is 166 g/mol. The van der Waals surface area contributed by atoms with Crippen LogP contribution in [0.3, 0.4) is 0 Å². The van der Waals surface area contributed by atoms with Gasteiger partial charge >= 0.3 is 0 Å². The first-order chi connectivity index (χ1) is 6.18. The molecule has 0 fully saturated rings. The summed E-state index contributed by atoms with van der Waals surface area (Å²) in [7, 11) is 0. The summed E-state index contributed by atoms with van der Waals surface area (Å²) in [6.45, 7) is 5.30. The van der Waals surface area contributed by atoms with Crippen LogP contribution in [0.1, 0.15) is 46.0 Å². The maximum atomic E-state index is 9.87. The van der Waals surface area contributed by atoms with Crippen LogP contribution in [0.15, 0.2) is 0 Å². The first-order valence-electron chi connectivity index (χ1n) is 5.25. The topological polar surface area (TPSA) is 55.5 Å². The molecule has 0 aliphatic rings. The SMILES string of the molecule is CCCC(O)(CC)OCCCCN. The van der Waals surface area contributed by atoms with E-state index >= 15 is 0 Å². The van der Waals surface area contributed by atoms with Crippen LogP contribution in [0.4, 0.5) is 0 Å². The summed E-state index contributed by atoms with van der Waals surface area (Å²) in [5.74, 6) is -0.899. The van der Waals surface area contributed by atoms with Crippen LogP contribution >= 0.6 is 0 Å². The van der Waals surface area contributed by atoms with Crippen LogP contribution in [0, 0.1) is 0 Å². The fraction of sp³-hybridized carbons (Fsp3) is 1.00. The number of unbranched alkanes of at least 4 members (excludes halogenated alkanes) is 1. The largest absolute Gasteiger partial charge is 0.365 e. The van der Waals surface area contributed by atoms with Gasteiger partial charge in [-0.3, -0.25) is 0 Å². The van der Waals surface area contributed by atoms with Gasteiger partial charge in [-0.15, -0.1) is 0 Å². The molecule has 0 bridgehead atoms. The Morgan fingerprint density at radius 3 is 2.46 bits per heavy atom. The highest BCUT2D eigenvalue weighted by Crippen LogP contribution is 2.18. The molecule has 0 saturated carbocycles. The summed E-state index contributed by atoms with van der Waals surface area (Å²) in [5, 5.41) is 9.87. The number of aliphatic hydroxyl groups is 1. The molecule has 0 radical (unpaired) electrons. The second-order valence-electron chi connectivity index (χ2n) is 3.39. The molecule has 0 rings (SSSR count). The van der Waals surface area contributed by atoms with Crippen LogP contribution in [-0.4, -0.2) is 24.0 Å². The van der Waals surface area contributed by atoms with Gasteiger partial charge in [0, 0.05) is 6.42 Å².